The van der Waals surface area contributed by atoms with E-state index in [1.807, 2.05) is 0 Å². The van der Waals surface area contributed by atoms with Crippen molar-refractivity contribution in [2.45, 2.75) is 0 Å². The summed E-state index contributed by atoms with van der Waals surface area (Å²) < 4.78 is 10.9. The summed E-state index contributed by atoms with van der Waals surface area (Å²) in [6.45, 7) is 5.35. The second-order valence-corrected chi connectivity index (χ2v) is 6.74. The molecule has 0 bridgehead atoms. The second-order valence-electron chi connectivity index (χ2n) is 6.36. The van der Waals surface area contributed by atoms with E-state index < -0.39 is 0 Å². The topological polar surface area (TPSA) is 109 Å². The Kier molecular flexibility index (Phi) is 5.02. The van der Waals surface area contributed by atoms with Gasteiger partial charge in [0.15, 0.2) is 5.43 Å². The van der Waals surface area contributed by atoms with Crippen molar-refractivity contribution >= 4 is 28.5 Å². The lowest BCUT2D eigenvalue weighted by Gasteiger charge is -2.27. The molecule has 3 aromatic rings. The number of aromatic nitrogens is 2. The molecule has 1 aliphatic heterocycles. The number of nitrogens with zero attached hydrogens (tertiary/aromatic N) is 2. The predicted molar refractivity (Wildman–Crippen MR) is 104 cm³/mol. The summed E-state index contributed by atoms with van der Waals surface area (Å²) in [5, 5.41) is 4.17. The van der Waals surface area contributed by atoms with Gasteiger partial charge in [0, 0.05) is 44.2 Å². The minimum Gasteiger partial charge on any atom is -0.491 e. The van der Waals surface area contributed by atoms with Gasteiger partial charge in [-0.1, -0.05) is 11.6 Å². The van der Waals surface area contributed by atoms with Crippen LogP contribution < -0.4 is 21.2 Å². The highest BCUT2D eigenvalue weighted by molar-refractivity contribution is 6.36. The summed E-state index contributed by atoms with van der Waals surface area (Å²) in [6, 6.07) is 4.91. The lowest BCUT2D eigenvalue weighted by atomic mass is 10.1. The van der Waals surface area contributed by atoms with Gasteiger partial charge in [-0.2, -0.15) is 4.98 Å². The third-order valence-corrected chi connectivity index (χ3v) is 4.95. The number of rotatable bonds is 5. The first-order valence-corrected chi connectivity index (χ1v) is 9.12. The Balaban J connectivity index is 1.59. The third-order valence-electron chi connectivity index (χ3n) is 4.58. The SMILES string of the molecule is Nc1nc(-c2cc(=O)c3ccc(OCCN4CCNCC4)c(Cl)c3[nH]2)co1. The number of nitrogen functional groups attached to an aromatic ring is 1. The standard InChI is InChI=1S/C18H20ClN5O3/c19-16-15(26-8-7-24-5-3-21-4-6-24)2-1-11-14(25)9-12(22-17(11)16)13-10-27-18(20)23-13/h1-2,9-10,21H,3-8H2,(H2,20,23)(H,22,25). The molecule has 0 spiro atoms. The molecule has 0 aliphatic carbocycles. The Hall–Kier alpha value is -2.55. The smallest absolute Gasteiger partial charge is 0.292 e. The highest BCUT2D eigenvalue weighted by Crippen LogP contribution is 2.31. The maximum atomic E-state index is 12.4. The number of ether oxygens (including phenoxy) is 1. The normalized spacial score (nSPS) is 15.3. The molecule has 8 nitrogen and oxygen atoms in total. The minimum atomic E-state index is -0.172. The predicted octanol–water partition coefficient (Wildman–Crippen LogP) is 1.70. The van der Waals surface area contributed by atoms with Crippen LogP contribution >= 0.6 is 11.6 Å². The number of halogens is 1. The van der Waals surface area contributed by atoms with E-state index >= 15 is 0 Å². The number of benzene rings is 1. The summed E-state index contributed by atoms with van der Waals surface area (Å²) >= 11 is 6.51. The Bertz CT molecular complexity index is 1010. The van der Waals surface area contributed by atoms with Gasteiger partial charge in [-0.25, -0.2) is 0 Å². The zero-order valence-corrected chi connectivity index (χ0v) is 15.4. The monoisotopic (exact) mass is 389 g/mol. The van der Waals surface area contributed by atoms with Crippen molar-refractivity contribution in [3.05, 3.63) is 39.7 Å². The fourth-order valence-electron chi connectivity index (χ4n) is 3.14. The molecule has 1 fully saturated rings. The van der Waals surface area contributed by atoms with Crippen LogP contribution in [0.1, 0.15) is 0 Å². The zero-order chi connectivity index (χ0) is 18.8. The number of aromatic amines is 1. The number of anilines is 1. The number of hydrogen-bond acceptors (Lipinski definition) is 7. The van der Waals surface area contributed by atoms with Gasteiger partial charge in [0.05, 0.1) is 11.2 Å². The van der Waals surface area contributed by atoms with E-state index in [0.717, 1.165) is 32.7 Å². The van der Waals surface area contributed by atoms with Crippen molar-refractivity contribution in [2.75, 3.05) is 45.1 Å². The first kappa shape index (κ1) is 17.8. The molecular weight excluding hydrogens is 370 g/mol. The minimum absolute atomic E-state index is 0.0297. The van der Waals surface area contributed by atoms with Gasteiger partial charge < -0.3 is 25.2 Å². The van der Waals surface area contributed by atoms with Crippen molar-refractivity contribution in [2.24, 2.45) is 0 Å². The van der Waals surface area contributed by atoms with E-state index in [1.54, 1.807) is 12.1 Å². The molecule has 1 saturated heterocycles. The molecule has 9 heteroatoms. The molecule has 4 N–H and O–H groups in total. The van der Waals surface area contributed by atoms with E-state index in [2.05, 4.69) is 20.2 Å². The van der Waals surface area contributed by atoms with Gasteiger partial charge in [0.25, 0.3) is 6.01 Å². The van der Waals surface area contributed by atoms with Gasteiger partial charge >= 0.3 is 0 Å². The van der Waals surface area contributed by atoms with Crippen molar-refractivity contribution in [1.82, 2.24) is 20.2 Å². The third kappa shape index (κ3) is 3.78. The Morgan fingerprint density at radius 1 is 1.33 bits per heavy atom. The fraction of sp³-hybridized carbons (Fsp3) is 0.333. The van der Waals surface area contributed by atoms with Crippen molar-refractivity contribution < 1.29 is 9.15 Å². The highest BCUT2D eigenvalue weighted by Gasteiger charge is 2.14. The Labute approximate surface area is 160 Å². The van der Waals surface area contributed by atoms with Crippen LogP contribution in [-0.2, 0) is 0 Å². The molecule has 1 aromatic carbocycles. The summed E-state index contributed by atoms with van der Waals surface area (Å²) in [6.07, 6.45) is 1.38. The first-order chi connectivity index (χ1) is 13.1. The van der Waals surface area contributed by atoms with Crippen LogP contribution in [0.25, 0.3) is 22.3 Å². The molecule has 27 heavy (non-hydrogen) atoms. The Morgan fingerprint density at radius 3 is 2.89 bits per heavy atom. The van der Waals surface area contributed by atoms with Crippen LogP contribution in [0.2, 0.25) is 5.02 Å². The van der Waals surface area contributed by atoms with Crippen LogP contribution in [0.4, 0.5) is 6.01 Å². The van der Waals surface area contributed by atoms with Crippen LogP contribution in [-0.4, -0.2) is 54.2 Å². The van der Waals surface area contributed by atoms with Gasteiger partial charge in [-0.3, -0.25) is 9.69 Å². The van der Waals surface area contributed by atoms with Crippen LogP contribution in [0, 0.1) is 0 Å². The first-order valence-electron chi connectivity index (χ1n) is 8.74. The van der Waals surface area contributed by atoms with Crippen LogP contribution in [0.3, 0.4) is 0 Å². The molecule has 1 aliphatic rings. The molecular formula is C18H20ClN5O3. The molecule has 3 heterocycles. The quantitative estimate of drug-likeness (QED) is 0.609. The number of hydrogen-bond donors (Lipinski definition) is 3. The zero-order valence-electron chi connectivity index (χ0n) is 14.6. The molecule has 2 aromatic heterocycles. The second kappa shape index (κ2) is 7.59. The van der Waals surface area contributed by atoms with Crippen molar-refractivity contribution in [3.8, 4) is 17.1 Å². The van der Waals surface area contributed by atoms with Gasteiger partial charge in [0.2, 0.25) is 0 Å². The maximum Gasteiger partial charge on any atom is 0.292 e. The van der Waals surface area contributed by atoms with E-state index in [-0.39, 0.29) is 11.4 Å². The number of nitrogens with two attached hydrogens (primary N) is 1. The maximum absolute atomic E-state index is 12.4. The summed E-state index contributed by atoms with van der Waals surface area (Å²) in [5.74, 6) is 0.534. The number of nitrogens with one attached hydrogen (secondary N) is 2. The lowest BCUT2D eigenvalue weighted by molar-refractivity contribution is 0.191. The number of fused-ring (bicyclic) bond motifs is 1. The summed E-state index contributed by atoms with van der Waals surface area (Å²) in [5.41, 5.74) is 6.76. The molecule has 4 rings (SSSR count). The van der Waals surface area contributed by atoms with Crippen LogP contribution in [0.5, 0.6) is 5.75 Å². The molecule has 0 radical (unpaired) electrons. The fourth-order valence-corrected chi connectivity index (χ4v) is 3.41. The van der Waals surface area contributed by atoms with Crippen LogP contribution in [0.15, 0.2) is 33.7 Å². The number of H-pyrrole nitrogens is 1. The molecule has 142 valence electrons. The molecule has 0 unspecified atom stereocenters. The average molecular weight is 390 g/mol. The Morgan fingerprint density at radius 2 is 2.15 bits per heavy atom. The molecule has 0 amide bonds. The van der Waals surface area contributed by atoms with E-state index in [4.69, 9.17) is 26.5 Å². The number of oxazole rings is 1. The van der Waals surface area contributed by atoms with Gasteiger partial charge in [0.1, 0.15) is 29.3 Å². The summed E-state index contributed by atoms with van der Waals surface area (Å²) in [7, 11) is 0. The van der Waals surface area contributed by atoms with E-state index in [0.29, 0.717) is 39.7 Å². The van der Waals surface area contributed by atoms with E-state index in [1.165, 1.54) is 12.3 Å². The number of pyridine rings is 1. The van der Waals surface area contributed by atoms with Gasteiger partial charge in [-0.15, -0.1) is 0 Å². The summed E-state index contributed by atoms with van der Waals surface area (Å²) in [4.78, 5) is 22.0. The molecule has 0 atom stereocenters. The molecule has 0 saturated carbocycles. The van der Waals surface area contributed by atoms with Gasteiger partial charge in [-0.05, 0) is 12.1 Å². The van der Waals surface area contributed by atoms with E-state index in [9.17, 15) is 4.79 Å². The number of piperazine rings is 1. The van der Waals surface area contributed by atoms with Crippen molar-refractivity contribution in [1.29, 1.82) is 0 Å². The van der Waals surface area contributed by atoms with Crippen molar-refractivity contribution in [3.63, 3.8) is 0 Å². The highest BCUT2D eigenvalue weighted by atomic mass is 35.5. The average Bonchev–Trinajstić information content (AvgIpc) is 3.11. The lowest BCUT2D eigenvalue weighted by Crippen LogP contribution is -2.44. The largest absolute Gasteiger partial charge is 0.491 e.